The minimum absolute atomic E-state index is 0.0451. The first-order chi connectivity index (χ1) is 19.9. The predicted molar refractivity (Wildman–Crippen MR) is 157 cm³/mol. The van der Waals surface area contributed by atoms with E-state index in [2.05, 4.69) is 21.4 Å². The SMILES string of the molecule is CC=c1c(C2CCCCC2)c2n(c1=CCC(=O)NS(=O)N1CCOCC1)CC1(C(=O)O)CC1c1cc(OC)ccc1-2. The number of ether oxygens (including phenoxy) is 2. The average molecular weight is 582 g/mol. The molecule has 1 aromatic heterocycles. The number of carboxylic acid groups (broad SMARTS) is 1. The van der Waals surface area contributed by atoms with Crippen molar-refractivity contribution < 1.29 is 28.4 Å². The molecule has 3 unspecified atom stereocenters. The minimum Gasteiger partial charge on any atom is -0.497 e. The second kappa shape index (κ2) is 11.4. The van der Waals surface area contributed by atoms with Crippen LogP contribution in [0.2, 0.25) is 0 Å². The number of hydrogen-bond donors (Lipinski definition) is 2. The molecule has 3 fully saturated rings. The van der Waals surface area contributed by atoms with Crippen LogP contribution < -0.4 is 20.0 Å². The second-order valence-corrected chi connectivity index (χ2v) is 12.9. The third-order valence-corrected chi connectivity index (χ3v) is 10.6. The number of nitrogens with zero attached hydrogens (tertiary/aromatic N) is 2. The highest BCUT2D eigenvalue weighted by Gasteiger charge is 2.63. The van der Waals surface area contributed by atoms with Crippen molar-refractivity contribution in [3.63, 3.8) is 0 Å². The van der Waals surface area contributed by atoms with E-state index in [9.17, 15) is 18.9 Å². The number of aliphatic carboxylic acids is 1. The highest BCUT2D eigenvalue weighted by atomic mass is 32.2. The molecule has 2 aliphatic carbocycles. The molecular formula is C31H39N3O6S. The number of morpholine rings is 1. The van der Waals surface area contributed by atoms with Crippen molar-refractivity contribution >= 4 is 35.2 Å². The maximum atomic E-state index is 13.0. The lowest BCUT2D eigenvalue weighted by Crippen LogP contribution is -2.44. The average Bonchev–Trinajstić information content (AvgIpc) is 3.67. The highest BCUT2D eigenvalue weighted by molar-refractivity contribution is 7.81. The Hall–Kier alpha value is -2.95. The van der Waals surface area contributed by atoms with Crippen molar-refractivity contribution in [3.05, 3.63) is 39.9 Å². The van der Waals surface area contributed by atoms with Crippen molar-refractivity contribution in [1.29, 1.82) is 0 Å². The van der Waals surface area contributed by atoms with Crippen LogP contribution in [-0.2, 0) is 32.0 Å². The molecule has 2 aromatic rings. The van der Waals surface area contributed by atoms with Gasteiger partial charge in [-0.15, -0.1) is 0 Å². The molecule has 3 atom stereocenters. The molecule has 9 nitrogen and oxygen atoms in total. The summed E-state index contributed by atoms with van der Waals surface area (Å²) in [6.45, 7) is 4.36. The van der Waals surface area contributed by atoms with Crippen molar-refractivity contribution in [3.8, 4) is 17.0 Å². The quantitative estimate of drug-likeness (QED) is 0.521. The predicted octanol–water partition coefficient (Wildman–Crippen LogP) is 2.78. The number of carboxylic acids is 1. The van der Waals surface area contributed by atoms with Crippen LogP contribution in [0.1, 0.15) is 74.8 Å². The van der Waals surface area contributed by atoms with Gasteiger partial charge in [-0.05, 0) is 66.6 Å². The normalized spacial score (nSPS) is 26.0. The van der Waals surface area contributed by atoms with E-state index in [1.165, 1.54) is 24.8 Å². The molecule has 220 valence electrons. The number of rotatable bonds is 7. The van der Waals surface area contributed by atoms with Gasteiger partial charge in [-0.3, -0.25) is 14.3 Å². The number of methoxy groups -OCH3 is 1. The van der Waals surface area contributed by atoms with Crippen LogP contribution in [-0.4, -0.2) is 63.5 Å². The lowest BCUT2D eigenvalue weighted by Gasteiger charge is -2.24. The molecule has 1 aromatic carbocycles. The van der Waals surface area contributed by atoms with E-state index in [-0.39, 0.29) is 18.2 Å². The van der Waals surface area contributed by atoms with Crippen molar-refractivity contribution in [2.24, 2.45) is 5.41 Å². The van der Waals surface area contributed by atoms with Crippen molar-refractivity contribution in [1.82, 2.24) is 13.6 Å². The summed E-state index contributed by atoms with van der Waals surface area (Å²) in [6, 6.07) is 6.07. The summed E-state index contributed by atoms with van der Waals surface area (Å²) in [5.74, 6) is -0.115. The van der Waals surface area contributed by atoms with Crippen LogP contribution in [0, 0.1) is 5.41 Å². The third kappa shape index (κ3) is 5.04. The van der Waals surface area contributed by atoms with Gasteiger partial charge in [-0.25, -0.2) is 8.51 Å². The topological polar surface area (TPSA) is 110 Å². The maximum Gasteiger partial charge on any atom is 0.312 e. The summed E-state index contributed by atoms with van der Waals surface area (Å²) >= 11 is -1.62. The van der Waals surface area contributed by atoms with Crippen LogP contribution in [0.25, 0.3) is 23.4 Å². The number of carbonyl (C=O) groups is 2. The first-order valence-electron chi connectivity index (χ1n) is 14.7. The Labute approximate surface area is 242 Å². The first-order valence-corrected chi connectivity index (χ1v) is 15.8. The first kappa shape index (κ1) is 28.2. The number of hydrogen-bond acceptors (Lipinski definition) is 5. The van der Waals surface area contributed by atoms with Crippen LogP contribution in [0.5, 0.6) is 5.75 Å². The molecule has 2 aliphatic heterocycles. The zero-order valence-electron chi connectivity index (χ0n) is 23.8. The van der Waals surface area contributed by atoms with Crippen LogP contribution in [0.4, 0.5) is 0 Å². The number of carbonyl (C=O) groups excluding carboxylic acids is 1. The van der Waals surface area contributed by atoms with E-state index in [4.69, 9.17) is 9.47 Å². The fourth-order valence-corrected chi connectivity index (χ4v) is 8.10. The van der Waals surface area contributed by atoms with Gasteiger partial charge in [0.25, 0.3) is 0 Å². The number of nitrogens with one attached hydrogen (secondary N) is 1. The zero-order chi connectivity index (χ0) is 28.7. The molecule has 0 bridgehead atoms. The van der Waals surface area contributed by atoms with Crippen molar-refractivity contribution in [2.75, 3.05) is 33.4 Å². The van der Waals surface area contributed by atoms with E-state index in [1.54, 1.807) is 11.4 Å². The Morgan fingerprint density at radius 2 is 1.98 bits per heavy atom. The third-order valence-electron chi connectivity index (χ3n) is 9.40. The molecule has 0 radical (unpaired) electrons. The van der Waals surface area contributed by atoms with Gasteiger partial charge in [0.05, 0.1) is 31.4 Å². The number of aromatic nitrogens is 1. The van der Waals surface area contributed by atoms with Gasteiger partial charge < -0.3 is 19.1 Å². The Morgan fingerprint density at radius 3 is 2.66 bits per heavy atom. The van der Waals surface area contributed by atoms with Gasteiger partial charge in [0.2, 0.25) is 5.91 Å². The maximum absolute atomic E-state index is 13.0. The largest absolute Gasteiger partial charge is 0.497 e. The van der Waals surface area contributed by atoms with Crippen LogP contribution in [0.3, 0.4) is 0 Å². The van der Waals surface area contributed by atoms with Gasteiger partial charge in [0, 0.05) is 42.9 Å². The fraction of sp³-hybridized carbons (Fsp3) is 0.548. The molecule has 6 rings (SSSR count). The molecule has 1 amide bonds. The number of fused-ring (bicyclic) bond motifs is 5. The molecule has 2 saturated carbocycles. The Balaban J connectivity index is 1.48. The highest BCUT2D eigenvalue weighted by Crippen LogP contribution is 2.64. The van der Waals surface area contributed by atoms with Crippen LogP contribution in [0.15, 0.2) is 18.2 Å². The summed E-state index contributed by atoms with van der Waals surface area (Å²) in [7, 11) is 1.64. The van der Waals surface area contributed by atoms with E-state index in [1.807, 2.05) is 25.1 Å². The van der Waals surface area contributed by atoms with E-state index >= 15 is 0 Å². The second-order valence-electron chi connectivity index (χ2n) is 11.7. The molecular weight excluding hydrogens is 542 g/mol. The molecule has 3 heterocycles. The molecule has 41 heavy (non-hydrogen) atoms. The Morgan fingerprint density at radius 1 is 1.22 bits per heavy atom. The lowest BCUT2D eigenvalue weighted by molar-refractivity contribution is -0.144. The Bertz CT molecular complexity index is 1500. The van der Waals surface area contributed by atoms with Gasteiger partial charge in [-0.1, -0.05) is 31.4 Å². The lowest BCUT2D eigenvalue weighted by atomic mass is 9.81. The number of amides is 1. The fourth-order valence-electron chi connectivity index (χ4n) is 7.21. The van der Waals surface area contributed by atoms with Crippen LogP contribution >= 0.6 is 0 Å². The summed E-state index contributed by atoms with van der Waals surface area (Å²) < 4.78 is 30.1. The summed E-state index contributed by atoms with van der Waals surface area (Å²) in [4.78, 5) is 25.8. The van der Waals surface area contributed by atoms with E-state index in [0.717, 1.165) is 46.0 Å². The summed E-state index contributed by atoms with van der Waals surface area (Å²) in [5, 5.41) is 12.4. The molecule has 10 heteroatoms. The smallest absolute Gasteiger partial charge is 0.312 e. The molecule has 4 aliphatic rings. The zero-order valence-corrected chi connectivity index (χ0v) is 24.6. The van der Waals surface area contributed by atoms with Crippen molar-refractivity contribution in [2.45, 2.75) is 70.3 Å². The van der Waals surface area contributed by atoms with E-state index < -0.39 is 22.6 Å². The monoisotopic (exact) mass is 581 g/mol. The van der Waals surface area contributed by atoms with Gasteiger partial charge in [0.15, 0.2) is 11.2 Å². The van der Waals surface area contributed by atoms with Gasteiger partial charge >= 0.3 is 5.97 Å². The molecule has 1 saturated heterocycles. The van der Waals surface area contributed by atoms with Gasteiger partial charge in [0.1, 0.15) is 5.75 Å². The summed E-state index contributed by atoms with van der Waals surface area (Å²) in [5.41, 5.74) is 3.55. The minimum atomic E-state index is -1.62. The van der Waals surface area contributed by atoms with E-state index in [0.29, 0.717) is 45.2 Å². The number of benzene rings is 1. The summed E-state index contributed by atoms with van der Waals surface area (Å²) in [6.07, 6.45) is 10.4. The standard InChI is InChI=1S/C31H39N3O6S/c1-3-22-26(11-12-27(35)32-41(38)33-13-15-40-16-14-33)34-19-31(30(36)37)18-25(31)24-17-21(39-2)9-10-23(24)29(34)28(22)20-7-5-4-6-8-20/h3,9-11,17,20,25H,4-8,12-16,18-19H2,1-2H3,(H,32,35)(H,36,37). The van der Waals surface area contributed by atoms with Gasteiger partial charge in [-0.2, -0.15) is 0 Å². The Kier molecular flexibility index (Phi) is 7.82. The molecule has 2 N–H and O–H groups in total. The molecule has 0 spiro atoms.